The molecule has 2 heterocycles. The van der Waals surface area contributed by atoms with Crippen molar-refractivity contribution in [2.75, 3.05) is 13.1 Å². The van der Waals surface area contributed by atoms with Crippen molar-refractivity contribution < 1.29 is 13.9 Å². The molecule has 144 valence electrons. The lowest BCUT2D eigenvalue weighted by Crippen LogP contribution is -2.39. The summed E-state index contributed by atoms with van der Waals surface area (Å²) in [6.07, 6.45) is 1.85. The van der Waals surface area contributed by atoms with Gasteiger partial charge in [-0.15, -0.1) is 11.3 Å². The zero-order valence-electron chi connectivity index (χ0n) is 14.8. The first-order valence-corrected chi connectivity index (χ1v) is 9.38. The molecule has 0 radical (unpaired) electrons. The molecule has 3 rings (SSSR count). The average Bonchev–Trinajstić information content (AvgIpc) is 3.30. The van der Waals surface area contributed by atoms with E-state index < -0.39 is 12.7 Å². The van der Waals surface area contributed by atoms with Crippen LogP contribution in [0.5, 0.6) is 0 Å². The number of thiophene rings is 1. The molecule has 0 bridgehead atoms. The van der Waals surface area contributed by atoms with Crippen LogP contribution in [0.3, 0.4) is 0 Å². The van der Waals surface area contributed by atoms with Gasteiger partial charge in [0.2, 0.25) is 0 Å². The highest BCUT2D eigenvalue weighted by Crippen LogP contribution is 2.29. The highest BCUT2D eigenvalue weighted by atomic mass is 32.1. The Bertz CT molecular complexity index is 875. The Morgan fingerprint density at radius 1 is 1.33 bits per heavy atom. The number of hydrogen-bond donors (Lipinski definition) is 3. The van der Waals surface area contributed by atoms with Crippen LogP contribution in [-0.2, 0) is 6.54 Å². The molecular formula is C18H21F2N5OS. The highest BCUT2D eigenvalue weighted by molar-refractivity contribution is 7.19. The normalized spacial score (nSPS) is 13.3. The van der Waals surface area contributed by atoms with Crippen LogP contribution in [0.15, 0.2) is 47.7 Å². The van der Waals surface area contributed by atoms with Crippen LogP contribution in [-0.4, -0.2) is 33.7 Å². The number of guanidine groups is 1. The number of nitrogens with zero attached hydrogens (tertiary/aromatic N) is 3. The summed E-state index contributed by atoms with van der Waals surface area (Å²) < 4.78 is 27.6. The number of halogens is 2. The Labute approximate surface area is 159 Å². The van der Waals surface area contributed by atoms with Gasteiger partial charge in [0.05, 0.1) is 0 Å². The Hall–Kier alpha value is -2.52. The Balaban J connectivity index is 1.64. The van der Waals surface area contributed by atoms with Gasteiger partial charge in [0.1, 0.15) is 18.5 Å². The molecule has 2 aromatic heterocycles. The minimum absolute atomic E-state index is 0.00561. The third kappa shape index (κ3) is 4.81. The number of alkyl halides is 2. The number of imidazole rings is 1. The standard InChI is InChI=1S/C18H21F2N5OS/c1-2-21-18(24-11-16-22-7-8-25(16)17(19)20)23-10-13(26)15-9-12-5-3-4-6-14(12)27-15/h3-9,13,17,26H,2,10-11H2,1H3,(H2,21,23,24). The van der Waals surface area contributed by atoms with Gasteiger partial charge < -0.3 is 15.7 Å². The van der Waals surface area contributed by atoms with E-state index in [1.54, 1.807) is 0 Å². The number of aliphatic imine (C=N–C) groups is 1. The zero-order valence-corrected chi connectivity index (χ0v) is 15.6. The van der Waals surface area contributed by atoms with E-state index in [1.165, 1.54) is 23.7 Å². The van der Waals surface area contributed by atoms with Crippen LogP contribution in [0, 0.1) is 0 Å². The fourth-order valence-electron chi connectivity index (χ4n) is 2.60. The smallest absolute Gasteiger partial charge is 0.319 e. The van der Waals surface area contributed by atoms with Crippen molar-refractivity contribution in [3.05, 3.63) is 53.4 Å². The van der Waals surface area contributed by atoms with E-state index in [-0.39, 0.29) is 18.9 Å². The predicted octanol–water partition coefficient (Wildman–Crippen LogP) is 3.28. The number of fused-ring (bicyclic) bond motifs is 1. The molecule has 0 spiro atoms. The van der Waals surface area contributed by atoms with Gasteiger partial charge in [-0.25, -0.2) is 9.98 Å². The van der Waals surface area contributed by atoms with Crippen LogP contribution < -0.4 is 10.6 Å². The van der Waals surface area contributed by atoms with E-state index in [0.29, 0.717) is 12.5 Å². The topological polar surface area (TPSA) is 74.5 Å². The monoisotopic (exact) mass is 393 g/mol. The number of hydrogen-bond acceptors (Lipinski definition) is 4. The number of aliphatic hydroxyl groups excluding tert-OH is 1. The highest BCUT2D eigenvalue weighted by Gasteiger charge is 2.13. The molecular weight excluding hydrogens is 372 g/mol. The third-order valence-corrected chi connectivity index (χ3v) is 5.14. The maximum Gasteiger partial charge on any atom is 0.319 e. The molecule has 9 heteroatoms. The molecule has 0 saturated heterocycles. The largest absolute Gasteiger partial charge is 0.386 e. The molecule has 0 aliphatic heterocycles. The second-order valence-electron chi connectivity index (χ2n) is 5.81. The Morgan fingerprint density at radius 3 is 2.89 bits per heavy atom. The van der Waals surface area contributed by atoms with Crippen LogP contribution >= 0.6 is 11.3 Å². The summed E-state index contributed by atoms with van der Waals surface area (Å²) in [7, 11) is 0. The molecule has 3 aromatic rings. The fourth-order valence-corrected chi connectivity index (χ4v) is 3.65. The Kier molecular flexibility index (Phi) is 6.36. The van der Waals surface area contributed by atoms with E-state index >= 15 is 0 Å². The first-order chi connectivity index (χ1) is 13.1. The van der Waals surface area contributed by atoms with Gasteiger partial charge in [0, 0.05) is 35.1 Å². The molecule has 0 aliphatic carbocycles. The van der Waals surface area contributed by atoms with Gasteiger partial charge >= 0.3 is 6.55 Å². The van der Waals surface area contributed by atoms with E-state index in [4.69, 9.17) is 0 Å². The summed E-state index contributed by atoms with van der Waals surface area (Å²) in [5.74, 6) is 0.605. The molecule has 0 amide bonds. The zero-order chi connectivity index (χ0) is 19.2. The number of aliphatic hydroxyl groups is 1. The minimum Gasteiger partial charge on any atom is -0.386 e. The van der Waals surface area contributed by atoms with Crippen LogP contribution in [0.2, 0.25) is 0 Å². The molecule has 1 aromatic carbocycles. The predicted molar refractivity (Wildman–Crippen MR) is 103 cm³/mol. The van der Waals surface area contributed by atoms with E-state index in [1.807, 2.05) is 37.3 Å². The van der Waals surface area contributed by atoms with Gasteiger partial charge in [-0.05, 0) is 24.4 Å². The first kappa shape index (κ1) is 19.2. The van der Waals surface area contributed by atoms with Gasteiger partial charge in [0.25, 0.3) is 0 Å². The van der Waals surface area contributed by atoms with Crippen LogP contribution in [0.1, 0.15) is 30.3 Å². The summed E-state index contributed by atoms with van der Waals surface area (Å²) in [6, 6.07) is 9.91. The second kappa shape index (κ2) is 8.92. The van der Waals surface area contributed by atoms with Crippen molar-refractivity contribution in [3.8, 4) is 0 Å². The molecule has 0 saturated carbocycles. The van der Waals surface area contributed by atoms with Gasteiger partial charge in [-0.2, -0.15) is 8.78 Å². The SMILES string of the molecule is CCNC(=NCc1nccn1C(F)F)NCC(O)c1cc2ccccc2s1. The van der Waals surface area contributed by atoms with Crippen molar-refractivity contribution in [3.63, 3.8) is 0 Å². The molecule has 1 atom stereocenters. The van der Waals surface area contributed by atoms with Crippen molar-refractivity contribution in [1.29, 1.82) is 0 Å². The fraction of sp³-hybridized carbons (Fsp3) is 0.333. The number of rotatable bonds is 7. The van der Waals surface area contributed by atoms with E-state index in [2.05, 4.69) is 20.6 Å². The summed E-state index contributed by atoms with van der Waals surface area (Å²) in [5, 5.41) is 17.6. The summed E-state index contributed by atoms with van der Waals surface area (Å²) >= 11 is 1.54. The Morgan fingerprint density at radius 2 is 2.15 bits per heavy atom. The quantitative estimate of drug-likeness (QED) is 0.425. The van der Waals surface area contributed by atoms with Crippen molar-refractivity contribution in [2.24, 2.45) is 4.99 Å². The molecule has 1 unspecified atom stereocenters. The maximum absolute atomic E-state index is 12.9. The maximum atomic E-state index is 12.9. The lowest BCUT2D eigenvalue weighted by atomic mass is 10.2. The summed E-state index contributed by atoms with van der Waals surface area (Å²) in [4.78, 5) is 9.04. The van der Waals surface area contributed by atoms with E-state index in [9.17, 15) is 13.9 Å². The molecule has 3 N–H and O–H groups in total. The lowest BCUT2D eigenvalue weighted by Gasteiger charge is -2.14. The van der Waals surface area contributed by atoms with Gasteiger partial charge in [-0.3, -0.25) is 4.57 Å². The summed E-state index contributed by atoms with van der Waals surface area (Å²) in [5.41, 5.74) is 0. The molecule has 6 nitrogen and oxygen atoms in total. The van der Waals surface area contributed by atoms with E-state index in [0.717, 1.165) is 19.5 Å². The second-order valence-corrected chi connectivity index (χ2v) is 6.92. The molecule has 0 fully saturated rings. The number of aromatic nitrogens is 2. The number of benzene rings is 1. The van der Waals surface area contributed by atoms with Crippen LogP contribution in [0.4, 0.5) is 8.78 Å². The van der Waals surface area contributed by atoms with Gasteiger partial charge in [0.15, 0.2) is 5.96 Å². The van der Waals surface area contributed by atoms with Gasteiger partial charge in [-0.1, -0.05) is 18.2 Å². The third-order valence-electron chi connectivity index (χ3n) is 3.92. The average molecular weight is 393 g/mol. The molecule has 27 heavy (non-hydrogen) atoms. The van der Waals surface area contributed by atoms with Crippen molar-refractivity contribution in [2.45, 2.75) is 26.1 Å². The van der Waals surface area contributed by atoms with Crippen LogP contribution in [0.25, 0.3) is 10.1 Å². The summed E-state index contributed by atoms with van der Waals surface area (Å²) in [6.45, 7) is 0.115. The van der Waals surface area contributed by atoms with Crippen molar-refractivity contribution >= 4 is 27.4 Å². The van der Waals surface area contributed by atoms with Crippen molar-refractivity contribution in [1.82, 2.24) is 20.2 Å². The lowest BCUT2D eigenvalue weighted by molar-refractivity contribution is 0.0671. The minimum atomic E-state index is -2.65. The number of nitrogens with one attached hydrogen (secondary N) is 2. The molecule has 0 aliphatic rings. The first-order valence-electron chi connectivity index (χ1n) is 8.57.